The van der Waals surface area contributed by atoms with Gasteiger partial charge in [0.25, 0.3) is 10.0 Å². The van der Waals surface area contributed by atoms with E-state index in [-0.39, 0.29) is 10.9 Å². The fourth-order valence-corrected chi connectivity index (χ4v) is 2.51. The van der Waals surface area contributed by atoms with Crippen molar-refractivity contribution in [2.45, 2.75) is 25.3 Å². The van der Waals surface area contributed by atoms with E-state index in [2.05, 4.69) is 20.0 Å². The predicted octanol–water partition coefficient (Wildman–Crippen LogP) is 0.106. The minimum absolute atomic E-state index is 0.131. The molecule has 0 bridgehead atoms. The van der Waals surface area contributed by atoms with Crippen molar-refractivity contribution in [2.75, 3.05) is 20.1 Å². The van der Waals surface area contributed by atoms with Gasteiger partial charge in [-0.25, -0.2) is 18.1 Å². The smallest absolute Gasteiger partial charge is 0.257 e. The summed E-state index contributed by atoms with van der Waals surface area (Å²) in [5.74, 6) is 0.914. The van der Waals surface area contributed by atoms with Crippen LogP contribution in [0.3, 0.4) is 0 Å². The van der Waals surface area contributed by atoms with Crippen molar-refractivity contribution in [3.63, 3.8) is 0 Å². The maximum absolute atomic E-state index is 11.9. The molecule has 1 aromatic heterocycles. The van der Waals surface area contributed by atoms with Gasteiger partial charge in [0.2, 0.25) is 0 Å². The van der Waals surface area contributed by atoms with Gasteiger partial charge in [-0.2, -0.15) is 0 Å². The number of nitrogens with zero attached hydrogens (tertiary/aromatic N) is 1. The van der Waals surface area contributed by atoms with Crippen LogP contribution >= 0.6 is 0 Å². The van der Waals surface area contributed by atoms with Crippen molar-refractivity contribution in [3.8, 4) is 0 Å². The third-order valence-electron chi connectivity index (χ3n) is 2.40. The van der Waals surface area contributed by atoms with Crippen LogP contribution in [0.2, 0.25) is 0 Å². The van der Waals surface area contributed by atoms with Crippen molar-refractivity contribution < 1.29 is 8.42 Å². The van der Waals surface area contributed by atoms with E-state index < -0.39 is 10.0 Å². The van der Waals surface area contributed by atoms with Gasteiger partial charge in [0.1, 0.15) is 5.82 Å². The van der Waals surface area contributed by atoms with Crippen molar-refractivity contribution in [3.05, 3.63) is 12.0 Å². The molecule has 17 heavy (non-hydrogen) atoms. The molecule has 0 saturated carbocycles. The minimum atomic E-state index is -3.46. The number of hydrogen-bond donors (Lipinski definition) is 3. The number of aromatic amines is 1. The quantitative estimate of drug-likeness (QED) is 0.649. The zero-order valence-corrected chi connectivity index (χ0v) is 11.3. The molecule has 3 N–H and O–H groups in total. The Kier molecular flexibility index (Phi) is 5.10. The number of imidazole rings is 1. The Labute approximate surface area is 102 Å². The molecule has 6 nitrogen and oxygen atoms in total. The first-order valence-corrected chi connectivity index (χ1v) is 7.16. The van der Waals surface area contributed by atoms with E-state index >= 15 is 0 Å². The maximum Gasteiger partial charge on any atom is 0.257 e. The molecule has 0 saturated heterocycles. The highest BCUT2D eigenvalue weighted by Crippen LogP contribution is 2.06. The van der Waals surface area contributed by atoms with Gasteiger partial charge in [-0.1, -0.05) is 13.8 Å². The molecule has 98 valence electrons. The highest BCUT2D eigenvalue weighted by atomic mass is 32.2. The summed E-state index contributed by atoms with van der Waals surface area (Å²) in [5.41, 5.74) is 0. The molecular weight excluding hydrogens is 240 g/mol. The Balaban J connectivity index is 2.62. The van der Waals surface area contributed by atoms with Gasteiger partial charge >= 0.3 is 0 Å². The summed E-state index contributed by atoms with van der Waals surface area (Å²) in [6, 6.07) is 0. The Morgan fingerprint density at radius 1 is 1.47 bits per heavy atom. The number of H-pyrrole nitrogens is 1. The lowest BCUT2D eigenvalue weighted by molar-refractivity contribution is 0.517. The monoisotopic (exact) mass is 260 g/mol. The molecule has 1 aromatic rings. The van der Waals surface area contributed by atoms with E-state index in [1.807, 2.05) is 20.9 Å². The first kappa shape index (κ1) is 14.1. The number of nitrogens with one attached hydrogen (secondary N) is 3. The molecule has 7 heteroatoms. The van der Waals surface area contributed by atoms with E-state index in [1.54, 1.807) is 0 Å². The zero-order chi connectivity index (χ0) is 12.9. The largest absolute Gasteiger partial charge is 0.332 e. The second-order valence-electron chi connectivity index (χ2n) is 4.06. The van der Waals surface area contributed by atoms with Crippen LogP contribution in [0.5, 0.6) is 0 Å². The summed E-state index contributed by atoms with van der Waals surface area (Å²) < 4.78 is 26.3. The molecule has 1 atom stereocenters. The molecule has 1 heterocycles. The first-order valence-electron chi connectivity index (χ1n) is 5.67. The minimum Gasteiger partial charge on any atom is -0.332 e. The molecule has 0 fully saturated rings. The van der Waals surface area contributed by atoms with E-state index in [4.69, 9.17) is 0 Å². The Morgan fingerprint density at radius 2 is 2.18 bits per heavy atom. The lowest BCUT2D eigenvalue weighted by Crippen LogP contribution is -2.32. The maximum atomic E-state index is 11.9. The zero-order valence-electron chi connectivity index (χ0n) is 10.4. The summed E-state index contributed by atoms with van der Waals surface area (Å²) >= 11 is 0. The molecule has 0 amide bonds. The van der Waals surface area contributed by atoms with Crippen LogP contribution in [-0.4, -0.2) is 38.5 Å². The Bertz CT molecular complexity index is 441. The number of aromatic nitrogens is 2. The average molecular weight is 260 g/mol. The molecule has 0 aliphatic heterocycles. The second kappa shape index (κ2) is 6.13. The molecule has 0 radical (unpaired) electrons. The first-order chi connectivity index (χ1) is 7.99. The van der Waals surface area contributed by atoms with E-state index in [0.717, 1.165) is 6.54 Å². The highest BCUT2D eigenvalue weighted by molar-refractivity contribution is 7.89. The number of hydrogen-bond acceptors (Lipinski definition) is 4. The third-order valence-corrected chi connectivity index (χ3v) is 3.74. The lowest BCUT2D eigenvalue weighted by Gasteiger charge is -2.11. The fourth-order valence-electron chi connectivity index (χ4n) is 1.41. The van der Waals surface area contributed by atoms with Crippen LogP contribution < -0.4 is 10.0 Å². The fraction of sp³-hybridized carbons (Fsp3) is 0.700. The van der Waals surface area contributed by atoms with Crippen LogP contribution in [0.25, 0.3) is 0 Å². The summed E-state index contributed by atoms with van der Waals surface area (Å²) in [5, 5.41) is 3.13. The highest BCUT2D eigenvalue weighted by Gasteiger charge is 2.17. The summed E-state index contributed by atoms with van der Waals surface area (Å²) in [6.07, 6.45) is 2.04. The van der Waals surface area contributed by atoms with Gasteiger partial charge in [0, 0.05) is 13.0 Å². The molecule has 0 aliphatic carbocycles. The number of rotatable bonds is 7. The lowest BCUT2D eigenvalue weighted by atomic mass is 10.2. The third kappa shape index (κ3) is 4.10. The number of aryl methyl sites for hydroxylation is 1. The van der Waals surface area contributed by atoms with Crippen LogP contribution in [-0.2, 0) is 16.4 Å². The Hall–Kier alpha value is -0.920. The molecule has 1 rings (SSSR count). The van der Waals surface area contributed by atoms with Gasteiger partial charge in [-0.3, -0.25) is 0 Å². The van der Waals surface area contributed by atoms with Gasteiger partial charge in [0.05, 0.1) is 6.20 Å². The second-order valence-corrected chi connectivity index (χ2v) is 5.80. The van der Waals surface area contributed by atoms with Gasteiger partial charge in [-0.15, -0.1) is 0 Å². The average Bonchev–Trinajstić information content (AvgIpc) is 2.76. The predicted molar refractivity (Wildman–Crippen MR) is 66.2 cm³/mol. The number of sulfonamides is 1. The van der Waals surface area contributed by atoms with E-state index in [0.29, 0.717) is 18.8 Å². The van der Waals surface area contributed by atoms with Crippen molar-refractivity contribution in [2.24, 2.45) is 5.92 Å². The topological polar surface area (TPSA) is 86.9 Å². The van der Waals surface area contributed by atoms with E-state index in [1.165, 1.54) is 6.20 Å². The van der Waals surface area contributed by atoms with Gasteiger partial charge in [0.15, 0.2) is 5.03 Å². The van der Waals surface area contributed by atoms with Crippen LogP contribution in [0.1, 0.15) is 19.7 Å². The normalized spacial score (nSPS) is 13.8. The van der Waals surface area contributed by atoms with Crippen LogP contribution in [0, 0.1) is 5.92 Å². The summed E-state index contributed by atoms with van der Waals surface area (Å²) in [6.45, 7) is 5.07. The standard InChI is InChI=1S/C10H20N4O2S/c1-4-9-12-7-10(14-9)17(15,16)13-6-8(2)5-11-3/h7-8,11,13H,4-6H2,1-3H3,(H,12,14). The Morgan fingerprint density at radius 3 is 2.71 bits per heavy atom. The molecule has 0 aromatic carbocycles. The SMILES string of the molecule is CCc1ncc(S(=O)(=O)NCC(C)CNC)[nH]1. The van der Waals surface area contributed by atoms with Crippen LogP contribution in [0.15, 0.2) is 11.2 Å². The molecule has 0 spiro atoms. The summed E-state index contributed by atoms with van der Waals surface area (Å²) in [4.78, 5) is 6.76. The van der Waals surface area contributed by atoms with Crippen molar-refractivity contribution in [1.29, 1.82) is 0 Å². The van der Waals surface area contributed by atoms with Gasteiger partial charge in [-0.05, 0) is 19.5 Å². The summed E-state index contributed by atoms with van der Waals surface area (Å²) in [7, 11) is -1.62. The van der Waals surface area contributed by atoms with Gasteiger partial charge < -0.3 is 10.3 Å². The molecule has 0 aliphatic rings. The van der Waals surface area contributed by atoms with Crippen LogP contribution in [0.4, 0.5) is 0 Å². The van der Waals surface area contributed by atoms with Crippen molar-refractivity contribution in [1.82, 2.24) is 20.0 Å². The molecular formula is C10H20N4O2S. The molecule has 1 unspecified atom stereocenters. The van der Waals surface area contributed by atoms with E-state index in [9.17, 15) is 8.42 Å². The van der Waals surface area contributed by atoms with Crippen molar-refractivity contribution >= 4 is 10.0 Å².